The summed E-state index contributed by atoms with van der Waals surface area (Å²) in [6.45, 7) is 5.24. The molecule has 1 N–H and O–H groups in total. The summed E-state index contributed by atoms with van der Waals surface area (Å²) in [5.41, 5.74) is 1.29. The molecule has 23 heavy (non-hydrogen) atoms. The highest BCUT2D eigenvalue weighted by Crippen LogP contribution is 2.18. The predicted molar refractivity (Wildman–Crippen MR) is 89.9 cm³/mol. The van der Waals surface area contributed by atoms with Crippen LogP contribution in [0.25, 0.3) is 0 Å². The Balaban J connectivity index is 0.00000192. The van der Waals surface area contributed by atoms with Gasteiger partial charge in [0.1, 0.15) is 5.75 Å². The van der Waals surface area contributed by atoms with Gasteiger partial charge in [-0.2, -0.15) is 4.98 Å². The maximum atomic E-state index is 5.69. The van der Waals surface area contributed by atoms with E-state index in [1.807, 2.05) is 12.1 Å². The highest BCUT2D eigenvalue weighted by Gasteiger charge is 2.25. The minimum atomic E-state index is 0. The fourth-order valence-corrected chi connectivity index (χ4v) is 2.52. The zero-order valence-electron chi connectivity index (χ0n) is 13.5. The highest BCUT2D eigenvalue weighted by atomic mass is 35.5. The molecule has 0 aliphatic carbocycles. The normalized spacial score (nSPS) is 18.4. The van der Waals surface area contributed by atoms with E-state index in [0.29, 0.717) is 12.5 Å². The second-order valence-corrected chi connectivity index (χ2v) is 5.53. The van der Waals surface area contributed by atoms with Crippen LogP contribution in [0.5, 0.6) is 5.75 Å². The van der Waals surface area contributed by atoms with Crippen LogP contribution in [0.15, 0.2) is 28.8 Å². The van der Waals surface area contributed by atoms with Crippen LogP contribution < -0.4 is 10.1 Å². The van der Waals surface area contributed by atoms with Gasteiger partial charge >= 0.3 is 0 Å². The Morgan fingerprint density at radius 2 is 2.13 bits per heavy atom. The van der Waals surface area contributed by atoms with Gasteiger partial charge in [-0.1, -0.05) is 24.2 Å². The van der Waals surface area contributed by atoms with Crippen molar-refractivity contribution in [1.29, 1.82) is 0 Å². The lowest BCUT2D eigenvalue weighted by atomic mass is 10.2. The van der Waals surface area contributed by atoms with Gasteiger partial charge < -0.3 is 14.6 Å². The molecule has 6 nitrogen and oxygen atoms in total. The Hall–Kier alpha value is -1.63. The molecule has 2 aromatic rings. The molecule has 3 rings (SSSR count). The van der Waals surface area contributed by atoms with Crippen molar-refractivity contribution in [3.63, 3.8) is 0 Å². The molecule has 2 heterocycles. The Morgan fingerprint density at radius 3 is 2.83 bits per heavy atom. The van der Waals surface area contributed by atoms with Crippen molar-refractivity contribution in [2.75, 3.05) is 26.7 Å². The summed E-state index contributed by atoms with van der Waals surface area (Å²) in [6.07, 6.45) is 1.02. The summed E-state index contributed by atoms with van der Waals surface area (Å²) in [5.74, 6) is 2.04. The van der Waals surface area contributed by atoms with Crippen LogP contribution in [-0.2, 0) is 13.0 Å². The molecule has 1 aliphatic heterocycles. The Bertz CT molecular complexity index is 602. The minimum Gasteiger partial charge on any atom is -0.484 e. The molecule has 0 spiro atoms. The van der Waals surface area contributed by atoms with Gasteiger partial charge in [-0.3, -0.25) is 4.90 Å². The average Bonchev–Trinajstić information content (AvgIpc) is 3.02. The van der Waals surface area contributed by atoms with Crippen molar-refractivity contribution in [2.45, 2.75) is 26.0 Å². The number of nitrogens with one attached hydrogen (secondary N) is 1. The topological polar surface area (TPSA) is 63.4 Å². The molecule has 0 radical (unpaired) electrons. The second kappa shape index (κ2) is 8.29. The van der Waals surface area contributed by atoms with E-state index in [4.69, 9.17) is 9.26 Å². The van der Waals surface area contributed by atoms with Crippen LogP contribution >= 0.6 is 12.4 Å². The maximum Gasteiger partial charge on any atom is 0.264 e. The van der Waals surface area contributed by atoms with Gasteiger partial charge in [-0.05, 0) is 31.2 Å². The van der Waals surface area contributed by atoms with Crippen molar-refractivity contribution < 1.29 is 9.26 Å². The van der Waals surface area contributed by atoms with Crippen molar-refractivity contribution >= 4 is 12.4 Å². The van der Waals surface area contributed by atoms with E-state index in [2.05, 4.69) is 46.5 Å². The molecule has 0 bridgehead atoms. The van der Waals surface area contributed by atoms with E-state index in [-0.39, 0.29) is 18.4 Å². The fraction of sp³-hybridized carbons (Fsp3) is 0.500. The van der Waals surface area contributed by atoms with Crippen LogP contribution in [0, 0.1) is 0 Å². The molecular formula is C16H23ClN4O2. The number of ether oxygens (including phenoxy) is 1. The highest BCUT2D eigenvalue weighted by molar-refractivity contribution is 5.85. The number of rotatable bonds is 5. The molecular weight excluding hydrogens is 316 g/mol. The Morgan fingerprint density at radius 1 is 1.35 bits per heavy atom. The predicted octanol–water partition coefficient (Wildman–Crippen LogP) is 2.21. The number of aryl methyl sites for hydroxylation is 1. The van der Waals surface area contributed by atoms with E-state index < -0.39 is 0 Å². The third-order valence-electron chi connectivity index (χ3n) is 3.99. The van der Waals surface area contributed by atoms with Crippen molar-refractivity contribution in [1.82, 2.24) is 20.4 Å². The van der Waals surface area contributed by atoms with Crippen LogP contribution in [0.2, 0.25) is 0 Å². The number of likely N-dealkylation sites (N-methyl/N-ethyl adjacent to an activating group) is 1. The number of hydrogen-bond acceptors (Lipinski definition) is 6. The number of piperazine rings is 1. The number of hydrogen-bond donors (Lipinski definition) is 1. The standard InChI is InChI=1S/C16H22N4O2.ClH/c1-3-12-4-6-13(7-5-12)21-11-15-18-16(19-22-15)14-10-17-8-9-20(14)2;/h4-7,14,17H,3,8-11H2,1-2H3;1H. The SMILES string of the molecule is CCc1ccc(OCc2nc(C3CNCCN3C)no2)cc1.Cl. The molecule has 1 atom stereocenters. The van der Waals surface area contributed by atoms with Crippen LogP contribution in [-0.4, -0.2) is 41.7 Å². The van der Waals surface area contributed by atoms with Gasteiger partial charge in [0.05, 0.1) is 6.04 Å². The number of nitrogens with zero attached hydrogens (tertiary/aromatic N) is 3. The molecule has 1 aliphatic rings. The van der Waals surface area contributed by atoms with Gasteiger partial charge in [0.25, 0.3) is 5.89 Å². The first-order chi connectivity index (χ1) is 10.8. The molecule has 1 unspecified atom stereocenters. The van der Waals surface area contributed by atoms with Gasteiger partial charge in [0.2, 0.25) is 0 Å². The van der Waals surface area contributed by atoms with Crippen LogP contribution in [0.4, 0.5) is 0 Å². The molecule has 1 saturated heterocycles. The van der Waals surface area contributed by atoms with Crippen LogP contribution in [0.3, 0.4) is 0 Å². The first-order valence-corrected chi connectivity index (χ1v) is 7.71. The van der Waals surface area contributed by atoms with Crippen molar-refractivity contribution in [3.05, 3.63) is 41.5 Å². The zero-order chi connectivity index (χ0) is 15.4. The zero-order valence-corrected chi connectivity index (χ0v) is 14.3. The van der Waals surface area contributed by atoms with Crippen LogP contribution in [0.1, 0.15) is 30.2 Å². The lowest BCUT2D eigenvalue weighted by molar-refractivity contribution is 0.189. The van der Waals surface area contributed by atoms with Gasteiger partial charge in [0.15, 0.2) is 12.4 Å². The summed E-state index contributed by atoms with van der Waals surface area (Å²) in [4.78, 5) is 6.68. The smallest absolute Gasteiger partial charge is 0.264 e. The molecule has 1 aromatic carbocycles. The summed E-state index contributed by atoms with van der Waals surface area (Å²) >= 11 is 0. The Kier molecular flexibility index (Phi) is 6.38. The second-order valence-electron chi connectivity index (χ2n) is 5.53. The lowest BCUT2D eigenvalue weighted by Crippen LogP contribution is -2.44. The first kappa shape index (κ1) is 17.7. The molecule has 7 heteroatoms. The Labute approximate surface area is 142 Å². The lowest BCUT2D eigenvalue weighted by Gasteiger charge is -2.30. The van der Waals surface area contributed by atoms with Gasteiger partial charge in [0, 0.05) is 19.6 Å². The molecule has 0 saturated carbocycles. The minimum absolute atomic E-state index is 0. The van der Waals surface area contributed by atoms with E-state index in [1.165, 1.54) is 5.56 Å². The van der Waals surface area contributed by atoms with E-state index in [9.17, 15) is 0 Å². The number of aromatic nitrogens is 2. The summed E-state index contributed by atoms with van der Waals surface area (Å²) in [5, 5.41) is 7.43. The van der Waals surface area contributed by atoms with Crippen molar-refractivity contribution in [2.24, 2.45) is 0 Å². The quantitative estimate of drug-likeness (QED) is 0.901. The number of benzene rings is 1. The summed E-state index contributed by atoms with van der Waals surface area (Å²) in [7, 11) is 2.08. The molecule has 1 aromatic heterocycles. The van der Waals surface area contributed by atoms with Gasteiger partial charge in [-0.15, -0.1) is 12.4 Å². The molecule has 126 valence electrons. The van der Waals surface area contributed by atoms with E-state index >= 15 is 0 Å². The first-order valence-electron chi connectivity index (χ1n) is 7.71. The van der Waals surface area contributed by atoms with E-state index in [0.717, 1.165) is 37.6 Å². The molecule has 1 fully saturated rings. The molecule has 0 amide bonds. The summed E-state index contributed by atoms with van der Waals surface area (Å²) < 4.78 is 11.0. The maximum absolute atomic E-state index is 5.69. The third kappa shape index (κ3) is 4.43. The van der Waals surface area contributed by atoms with Crippen molar-refractivity contribution in [3.8, 4) is 5.75 Å². The monoisotopic (exact) mass is 338 g/mol. The largest absolute Gasteiger partial charge is 0.484 e. The van der Waals surface area contributed by atoms with Gasteiger partial charge in [-0.25, -0.2) is 0 Å². The van der Waals surface area contributed by atoms with E-state index in [1.54, 1.807) is 0 Å². The fourth-order valence-electron chi connectivity index (χ4n) is 2.52. The average molecular weight is 339 g/mol. The summed E-state index contributed by atoms with van der Waals surface area (Å²) in [6, 6.07) is 8.23. The number of halogens is 1. The third-order valence-corrected chi connectivity index (χ3v) is 3.99.